The van der Waals surface area contributed by atoms with Crippen molar-refractivity contribution in [3.05, 3.63) is 0 Å². The molecule has 0 radical (unpaired) electrons. The SMILES string of the molecule is CCCOP/N=P\N. The van der Waals surface area contributed by atoms with E-state index in [2.05, 4.69) is 11.4 Å². The van der Waals surface area contributed by atoms with Gasteiger partial charge in [-0.3, -0.25) is 5.50 Å². The molecular weight excluding hydrogens is 142 g/mol. The quantitative estimate of drug-likeness (QED) is 0.494. The number of nitrogens with two attached hydrogens (primary N) is 1. The van der Waals surface area contributed by atoms with Crippen molar-refractivity contribution in [1.82, 2.24) is 0 Å². The smallest absolute Gasteiger partial charge is 0.143 e. The number of hydrogen-bond donors (Lipinski definition) is 1. The summed E-state index contributed by atoms with van der Waals surface area (Å²) in [6.07, 6.45) is 1.05. The zero-order valence-electron chi connectivity index (χ0n) is 4.79. The van der Waals surface area contributed by atoms with Gasteiger partial charge in [0, 0.05) is 0 Å². The summed E-state index contributed by atoms with van der Waals surface area (Å²) >= 11 is 0. The average molecular weight is 152 g/mol. The van der Waals surface area contributed by atoms with Crippen LogP contribution in [0.1, 0.15) is 13.3 Å². The molecule has 0 saturated heterocycles. The third-order valence-corrected chi connectivity index (χ3v) is 1.59. The summed E-state index contributed by atoms with van der Waals surface area (Å²) in [5.74, 6) is 0. The lowest BCUT2D eigenvalue weighted by Crippen LogP contribution is -1.76. The van der Waals surface area contributed by atoms with Crippen molar-refractivity contribution in [2.24, 2.45) is 10.0 Å². The molecule has 0 aliphatic heterocycles. The molecule has 0 rings (SSSR count). The summed E-state index contributed by atoms with van der Waals surface area (Å²) in [5.41, 5.74) is 5.04. The highest BCUT2D eigenvalue weighted by Gasteiger charge is 1.77. The first-order valence-electron chi connectivity index (χ1n) is 2.38. The van der Waals surface area contributed by atoms with Crippen LogP contribution >= 0.6 is 17.5 Å². The van der Waals surface area contributed by atoms with Gasteiger partial charge in [0.1, 0.15) is 8.96 Å². The van der Waals surface area contributed by atoms with Crippen LogP contribution in [0.2, 0.25) is 0 Å². The normalized spacial score (nSPS) is 12.2. The monoisotopic (exact) mass is 152 g/mol. The second kappa shape index (κ2) is 7.45. The van der Waals surface area contributed by atoms with Crippen LogP contribution in [-0.4, -0.2) is 6.61 Å². The Hall–Kier alpha value is 0.450. The molecule has 0 aliphatic carbocycles. The Kier molecular flexibility index (Phi) is 7.87. The minimum absolute atomic E-state index is 0.227. The van der Waals surface area contributed by atoms with E-state index < -0.39 is 0 Å². The molecule has 2 N–H and O–H groups in total. The highest BCUT2D eigenvalue weighted by atomic mass is 31.1. The van der Waals surface area contributed by atoms with E-state index in [1.54, 1.807) is 0 Å². The highest BCUT2D eigenvalue weighted by Crippen LogP contribution is 2.16. The lowest BCUT2D eigenvalue weighted by Gasteiger charge is -1.91. The van der Waals surface area contributed by atoms with Crippen LogP contribution in [0, 0.1) is 0 Å². The van der Waals surface area contributed by atoms with Crippen LogP contribution in [-0.2, 0) is 4.52 Å². The molecule has 8 heavy (non-hydrogen) atoms. The van der Waals surface area contributed by atoms with E-state index in [1.165, 1.54) is 0 Å². The van der Waals surface area contributed by atoms with Crippen molar-refractivity contribution in [2.45, 2.75) is 13.3 Å². The molecule has 5 heteroatoms. The first-order valence-corrected chi connectivity index (χ1v) is 4.15. The first-order chi connectivity index (χ1) is 3.91. The van der Waals surface area contributed by atoms with Gasteiger partial charge >= 0.3 is 0 Å². The average Bonchev–Trinajstić information content (AvgIpc) is 1.81. The maximum absolute atomic E-state index is 5.04. The maximum Gasteiger partial charge on any atom is 0.143 e. The molecule has 0 aromatic rings. The highest BCUT2D eigenvalue weighted by molar-refractivity contribution is 7.40. The summed E-state index contributed by atoms with van der Waals surface area (Å²) in [6.45, 7) is 2.85. The van der Waals surface area contributed by atoms with Gasteiger partial charge in [0.2, 0.25) is 0 Å². The lowest BCUT2D eigenvalue weighted by atomic mass is 10.5. The maximum atomic E-state index is 5.04. The van der Waals surface area contributed by atoms with Crippen LogP contribution in [0.4, 0.5) is 0 Å². The van der Waals surface area contributed by atoms with E-state index in [9.17, 15) is 0 Å². The van der Waals surface area contributed by atoms with Crippen molar-refractivity contribution in [2.75, 3.05) is 6.61 Å². The molecule has 1 atom stereocenters. The summed E-state index contributed by atoms with van der Waals surface area (Å²) in [5, 5.41) is 0. The van der Waals surface area contributed by atoms with Crippen LogP contribution in [0.5, 0.6) is 0 Å². The fourth-order valence-corrected chi connectivity index (χ4v) is 0.915. The predicted molar refractivity (Wildman–Crippen MR) is 38.1 cm³/mol. The molecule has 0 heterocycles. The Bertz CT molecular complexity index is 68.3. The second-order valence-corrected chi connectivity index (χ2v) is 2.66. The minimum Gasteiger partial charge on any atom is -0.340 e. The molecule has 0 saturated carbocycles. The molecule has 0 aliphatic rings. The summed E-state index contributed by atoms with van der Waals surface area (Å²) in [4.78, 5) is 0. The van der Waals surface area contributed by atoms with Gasteiger partial charge in [-0.25, -0.2) is 4.52 Å². The molecule has 1 unspecified atom stereocenters. The third kappa shape index (κ3) is 6.45. The van der Waals surface area contributed by atoms with Gasteiger partial charge in [0.05, 0.1) is 15.1 Å². The van der Waals surface area contributed by atoms with E-state index in [4.69, 9.17) is 10.0 Å². The summed E-state index contributed by atoms with van der Waals surface area (Å²) in [7, 11) is 0.800. The van der Waals surface area contributed by atoms with E-state index in [0.29, 0.717) is 8.52 Å². The number of nitrogens with zero attached hydrogens (tertiary/aromatic N) is 1. The van der Waals surface area contributed by atoms with E-state index in [-0.39, 0.29) is 8.96 Å². The Balaban J connectivity index is 2.72. The van der Waals surface area contributed by atoms with Crippen molar-refractivity contribution >= 4 is 17.5 Å². The third-order valence-electron chi connectivity index (χ3n) is 0.469. The van der Waals surface area contributed by atoms with Crippen molar-refractivity contribution in [3.8, 4) is 0 Å². The Morgan fingerprint density at radius 2 is 2.62 bits per heavy atom. The first kappa shape index (κ1) is 8.45. The van der Waals surface area contributed by atoms with Gasteiger partial charge in [-0.1, -0.05) is 6.92 Å². The van der Waals surface area contributed by atoms with Crippen LogP contribution in [0.15, 0.2) is 4.52 Å². The Labute approximate surface area is 52.9 Å². The van der Waals surface area contributed by atoms with Crippen molar-refractivity contribution in [3.63, 3.8) is 0 Å². The molecule has 3 nitrogen and oxygen atoms in total. The van der Waals surface area contributed by atoms with E-state index in [1.807, 2.05) is 0 Å². The van der Waals surface area contributed by atoms with Crippen molar-refractivity contribution < 1.29 is 4.52 Å². The standard InChI is InChI=1S/C3H10N2OP2/c1-2-3-6-8-5-7-4/h8H,2-3H2,1H3,(H2,4,5). The Morgan fingerprint density at radius 1 is 1.88 bits per heavy atom. The largest absolute Gasteiger partial charge is 0.340 e. The summed E-state index contributed by atoms with van der Waals surface area (Å²) in [6, 6.07) is 0. The zero-order chi connectivity index (χ0) is 6.24. The van der Waals surface area contributed by atoms with Gasteiger partial charge in [-0.05, 0) is 6.42 Å². The molecule has 0 amide bonds. The van der Waals surface area contributed by atoms with Crippen molar-refractivity contribution in [1.29, 1.82) is 0 Å². The van der Waals surface area contributed by atoms with Gasteiger partial charge in [-0.15, -0.1) is 0 Å². The van der Waals surface area contributed by atoms with Crippen LogP contribution in [0.25, 0.3) is 0 Å². The number of rotatable bonds is 4. The molecule has 0 aromatic heterocycles. The van der Waals surface area contributed by atoms with Gasteiger partial charge in [0.15, 0.2) is 0 Å². The molecule has 0 spiro atoms. The molecule has 48 valence electrons. The Morgan fingerprint density at radius 3 is 3.12 bits per heavy atom. The van der Waals surface area contributed by atoms with E-state index in [0.717, 1.165) is 13.0 Å². The van der Waals surface area contributed by atoms with Crippen LogP contribution in [0.3, 0.4) is 0 Å². The minimum atomic E-state index is 0.227. The fraction of sp³-hybridized carbons (Fsp3) is 1.00. The fourth-order valence-electron chi connectivity index (χ4n) is 0.200. The number of hydrogen-bond acceptors (Lipinski definition) is 2. The predicted octanol–water partition coefficient (Wildman–Crippen LogP) is 1.92. The molecule has 0 fully saturated rings. The topological polar surface area (TPSA) is 47.6 Å². The van der Waals surface area contributed by atoms with Gasteiger partial charge < -0.3 is 4.52 Å². The summed E-state index contributed by atoms with van der Waals surface area (Å²) < 4.78 is 8.76. The van der Waals surface area contributed by atoms with Gasteiger partial charge in [0.25, 0.3) is 0 Å². The second-order valence-electron chi connectivity index (χ2n) is 1.16. The van der Waals surface area contributed by atoms with Gasteiger partial charge in [-0.2, -0.15) is 0 Å². The molecule has 0 bridgehead atoms. The lowest BCUT2D eigenvalue weighted by molar-refractivity contribution is 0.363. The molecule has 0 aromatic carbocycles. The molecular formula is C3H10N2OP2. The van der Waals surface area contributed by atoms with Crippen LogP contribution < -0.4 is 5.50 Å². The van der Waals surface area contributed by atoms with E-state index >= 15 is 0 Å². The zero-order valence-corrected chi connectivity index (χ0v) is 6.69.